The molecule has 12 atom stereocenters. The second-order valence-corrected chi connectivity index (χ2v) is 30.6. The molecule has 4 aliphatic carbocycles. The molecular weight excluding hydrogens is 1600 g/mol. The van der Waals surface area contributed by atoms with Crippen LogP contribution >= 0.6 is 0 Å². The number of aliphatic carboxylic acids is 4. The predicted molar refractivity (Wildman–Crippen MR) is 410 cm³/mol. The summed E-state index contributed by atoms with van der Waals surface area (Å²) in [5, 5.41) is 50.4. The molecule has 4 saturated heterocycles. The fraction of sp³-hybridized carbons (Fsp3) is 0.364. The van der Waals surface area contributed by atoms with E-state index in [1.165, 1.54) is 97.1 Å². The Morgan fingerprint density at radius 3 is 0.575 bits per heavy atom. The maximum atomic E-state index is 12.6. The van der Waals surface area contributed by atoms with Gasteiger partial charge in [0.15, 0.2) is 0 Å². The normalized spacial score (nSPS) is 20.7. The van der Waals surface area contributed by atoms with Gasteiger partial charge in [-0.05, 0) is 242 Å². The summed E-state index contributed by atoms with van der Waals surface area (Å²) in [7, 11) is 0. The van der Waals surface area contributed by atoms with E-state index in [0.29, 0.717) is 23.7 Å². The van der Waals surface area contributed by atoms with E-state index in [2.05, 4.69) is 21.3 Å². The lowest BCUT2D eigenvalue weighted by molar-refractivity contribution is -0.166. The van der Waals surface area contributed by atoms with Crippen molar-refractivity contribution < 1.29 is 130 Å². The molecule has 0 radical (unpaired) electrons. The maximum absolute atomic E-state index is 12.6. The van der Waals surface area contributed by atoms with Crippen molar-refractivity contribution in [1.29, 1.82) is 0 Å². The monoisotopic (exact) mass is 1680 g/mol. The zero-order chi connectivity index (χ0) is 87.0. The summed E-state index contributed by atoms with van der Waals surface area (Å²) in [6, 6.07) is 41.0. The molecule has 8 aromatic carbocycles. The molecule has 4 fully saturated rings. The number of rotatable bonds is 14. The molecule has 4 heterocycles. The number of halogens is 12. The number of carbonyl (C=O) groups is 8. The fourth-order valence-electron chi connectivity index (χ4n) is 16.0. The molecule has 636 valence electrons. The molecule has 20 nitrogen and oxygen atoms in total. The fourth-order valence-corrected chi connectivity index (χ4v) is 16.0. The first kappa shape index (κ1) is 89.3. The van der Waals surface area contributed by atoms with Crippen LogP contribution in [0.15, 0.2) is 170 Å². The average Bonchev–Trinajstić information content (AvgIpc) is 1.64. The minimum absolute atomic E-state index is 0.0332. The number of alkyl halides is 12. The molecule has 120 heavy (non-hydrogen) atoms. The summed E-state index contributed by atoms with van der Waals surface area (Å²) in [6.45, 7) is 14.0. The maximum Gasteiger partial charge on any atom is 0.416 e. The number of carbonyl (C=O) groups excluding carboxylic acids is 4. The van der Waals surface area contributed by atoms with Gasteiger partial charge in [0.1, 0.15) is 0 Å². The van der Waals surface area contributed by atoms with Crippen molar-refractivity contribution in [1.82, 2.24) is 21.3 Å². The molecule has 8 aliphatic rings. The molecule has 32 heteroatoms. The topological polar surface area (TPSA) is 303 Å². The van der Waals surface area contributed by atoms with E-state index in [1.807, 2.05) is 0 Å². The number of esters is 4. The van der Waals surface area contributed by atoms with Crippen molar-refractivity contribution >= 4 is 47.8 Å². The van der Waals surface area contributed by atoms with Crippen LogP contribution in [0, 0.1) is 27.7 Å². The van der Waals surface area contributed by atoms with Crippen molar-refractivity contribution in [3.8, 4) is 0 Å². The van der Waals surface area contributed by atoms with Crippen LogP contribution in [0.1, 0.15) is 203 Å². The van der Waals surface area contributed by atoms with Crippen LogP contribution in [0.2, 0.25) is 0 Å². The van der Waals surface area contributed by atoms with Gasteiger partial charge in [-0.15, -0.1) is 0 Å². The van der Waals surface area contributed by atoms with Crippen LogP contribution in [0.25, 0.3) is 0 Å². The summed E-state index contributed by atoms with van der Waals surface area (Å²) in [5.41, 5.74) is 9.61. The van der Waals surface area contributed by atoms with Gasteiger partial charge in [0, 0.05) is 52.4 Å². The number of benzene rings is 8. The number of piperidine rings is 4. The molecule has 0 saturated carbocycles. The molecule has 0 spiro atoms. The van der Waals surface area contributed by atoms with E-state index in [-0.39, 0.29) is 45.9 Å². The number of aryl methyl sites for hydroxylation is 4. The quantitative estimate of drug-likeness (QED) is 0.0285. The van der Waals surface area contributed by atoms with Crippen molar-refractivity contribution in [3.05, 3.63) is 281 Å². The van der Waals surface area contributed by atoms with E-state index in [9.17, 15) is 111 Å². The second-order valence-electron chi connectivity index (χ2n) is 30.6. The van der Waals surface area contributed by atoms with Crippen LogP contribution in [0.5, 0.6) is 0 Å². The number of ether oxygens (including phenoxy) is 4. The van der Waals surface area contributed by atoms with Crippen LogP contribution < -0.4 is 21.3 Å². The highest BCUT2D eigenvalue weighted by atomic mass is 19.4. The Morgan fingerprint density at radius 2 is 0.425 bits per heavy atom. The molecule has 0 aromatic heterocycles. The molecule has 0 amide bonds. The second kappa shape index (κ2) is 37.4. The number of nitrogens with one attached hydrogen (secondary N) is 4. The third kappa shape index (κ3) is 21.9. The molecular formula is C88H84F12N4O16. The van der Waals surface area contributed by atoms with E-state index in [1.54, 1.807) is 100 Å². The third-order valence-corrected chi connectivity index (χ3v) is 22.2. The van der Waals surface area contributed by atoms with Crippen molar-refractivity contribution in [2.45, 2.75) is 150 Å². The predicted octanol–water partition coefficient (Wildman–Crippen LogP) is 16.0. The van der Waals surface area contributed by atoms with Gasteiger partial charge in [-0.3, -0.25) is 0 Å². The first-order valence-electron chi connectivity index (χ1n) is 38.3. The molecule has 16 rings (SSSR count). The van der Waals surface area contributed by atoms with Gasteiger partial charge in [0.05, 0.1) is 44.5 Å². The Balaban J connectivity index is 0.000000143. The van der Waals surface area contributed by atoms with E-state index in [4.69, 9.17) is 18.9 Å². The Labute approximate surface area is 680 Å². The molecule has 4 unspecified atom stereocenters. The first-order valence-corrected chi connectivity index (χ1v) is 38.3. The van der Waals surface area contributed by atoms with Crippen LogP contribution in [0.4, 0.5) is 52.7 Å². The van der Waals surface area contributed by atoms with Gasteiger partial charge in [-0.1, -0.05) is 95.1 Å². The van der Waals surface area contributed by atoms with Gasteiger partial charge in [0.25, 0.3) is 0 Å². The van der Waals surface area contributed by atoms with Crippen molar-refractivity contribution in [2.24, 2.45) is 0 Å². The van der Waals surface area contributed by atoms with E-state index < -0.39 is 119 Å². The highest BCUT2D eigenvalue weighted by Gasteiger charge is 2.46. The van der Waals surface area contributed by atoms with E-state index >= 15 is 0 Å². The van der Waals surface area contributed by atoms with Gasteiger partial charge >= 0.3 is 72.5 Å². The summed E-state index contributed by atoms with van der Waals surface area (Å²) >= 11 is 0. The molecule has 8 bridgehead atoms. The Morgan fingerprint density at radius 1 is 0.267 bits per heavy atom. The van der Waals surface area contributed by atoms with Crippen molar-refractivity contribution in [3.63, 3.8) is 0 Å². The van der Waals surface area contributed by atoms with Crippen LogP contribution in [0.3, 0.4) is 0 Å². The number of hydrogen-bond donors (Lipinski definition) is 8. The zero-order valence-corrected chi connectivity index (χ0v) is 64.8. The molecule has 8 aromatic rings. The number of carboxylic acids is 4. The van der Waals surface area contributed by atoms with Crippen LogP contribution in [-0.4, -0.2) is 145 Å². The SMILES string of the molecule is Cc1ccc(C(=O)OC(C(=O)O)C(OC(=O)c2ccc(C)cc2)C(=O)O)cc1.Cc1ccc(C(=O)OC(C(=O)O)C(OC(=O)c2ccc(C)cc2)C(=O)O)cc1.FC(F)(F)c1ccc2c(c1)[C@@H]1CNC[C@H]2C1.FC(F)(F)c1ccc2c(c1)[C@@H]1CNC[C@H]2C1.FC(F)(F)c1ccc2c(c1)[C@H]1CNC[C@@H]2C1.FC(F)(F)c1ccc2c(c1)[C@H]1CNC[C@@H]2C1. The number of hydrogen-bond acceptors (Lipinski definition) is 16. The highest BCUT2D eigenvalue weighted by molar-refractivity contribution is 5.97. The van der Waals surface area contributed by atoms with Crippen LogP contribution in [-0.2, 0) is 62.8 Å². The summed E-state index contributed by atoms with van der Waals surface area (Å²) in [6.07, 6.45) is -21.8. The third-order valence-electron chi connectivity index (χ3n) is 22.2. The first-order chi connectivity index (χ1) is 56.6. The number of carboxylic acid groups (broad SMARTS) is 4. The summed E-state index contributed by atoms with van der Waals surface area (Å²) < 4.78 is 170. The lowest BCUT2D eigenvalue weighted by Gasteiger charge is -2.21. The lowest BCUT2D eigenvalue weighted by Crippen LogP contribution is -2.45. The standard InChI is InChI=1S/2C20H18O8.4C12H12F3N/c2*1-11-3-7-13(8-4-11)19(25)27-15(17(21)22)16(18(23)24)28-20(26)14-9-5-12(2)6-10-14;4*13-12(14,15)9-1-2-10-7-3-8(6-16-5-7)11(10)4-9/h2*3-10,15-16H,1-2H3,(H,21,22)(H,23,24);4*1-2,4,7-8,16H,3,5-6H2/t;;4*7-,8+/m..1100/s1. The van der Waals surface area contributed by atoms with Gasteiger partial charge in [0.2, 0.25) is 24.4 Å². The lowest BCUT2D eigenvalue weighted by atomic mass is 9.98. The number of fused-ring (bicyclic) bond motifs is 20. The minimum atomic E-state index is -4.22. The average molecular weight is 1680 g/mol. The van der Waals surface area contributed by atoms with Gasteiger partial charge in [-0.2, -0.15) is 52.7 Å². The highest BCUT2D eigenvalue weighted by Crippen LogP contribution is 2.50. The molecule has 4 aliphatic heterocycles. The summed E-state index contributed by atoms with van der Waals surface area (Å²) in [5.74, 6) is -8.49. The summed E-state index contributed by atoms with van der Waals surface area (Å²) in [4.78, 5) is 94.7. The smallest absolute Gasteiger partial charge is 0.416 e. The zero-order valence-electron chi connectivity index (χ0n) is 64.8. The Bertz CT molecular complexity index is 4450. The Hall–Kier alpha value is -11.5. The van der Waals surface area contributed by atoms with Crippen molar-refractivity contribution in [2.75, 3.05) is 52.4 Å². The van der Waals surface area contributed by atoms with Gasteiger partial charge < -0.3 is 60.6 Å². The Kier molecular flexibility index (Phi) is 27.9. The van der Waals surface area contributed by atoms with Gasteiger partial charge in [-0.25, -0.2) is 38.4 Å². The largest absolute Gasteiger partial charge is 0.478 e. The van der Waals surface area contributed by atoms with E-state index in [0.717, 1.165) is 145 Å². The minimum Gasteiger partial charge on any atom is -0.478 e. The molecule has 8 N–H and O–H groups in total.